The van der Waals surface area contributed by atoms with E-state index in [0.29, 0.717) is 23.5 Å². The van der Waals surface area contributed by atoms with Gasteiger partial charge in [-0.05, 0) is 41.7 Å². The Balaban J connectivity index is 1.76. The SMILES string of the molecule is C=C(C1CCCCC1)N(C)c1cccc(B2CC(C)(C)C(C)(C)C2)c1. The van der Waals surface area contributed by atoms with Crippen molar-refractivity contribution >= 4 is 17.9 Å². The van der Waals surface area contributed by atoms with E-state index in [4.69, 9.17) is 0 Å². The van der Waals surface area contributed by atoms with Crippen molar-refractivity contribution < 1.29 is 0 Å². The van der Waals surface area contributed by atoms with Gasteiger partial charge in [-0.1, -0.05) is 83.8 Å². The number of hydrogen-bond donors (Lipinski definition) is 0. The van der Waals surface area contributed by atoms with Crippen LogP contribution in [0.4, 0.5) is 5.69 Å². The molecule has 0 amide bonds. The van der Waals surface area contributed by atoms with Gasteiger partial charge in [-0.3, -0.25) is 0 Å². The Morgan fingerprint density at radius 3 is 2.24 bits per heavy atom. The fraction of sp³-hybridized carbons (Fsp3) is 0.652. The molecule has 2 aliphatic rings. The Bertz CT molecular complexity index is 609. The summed E-state index contributed by atoms with van der Waals surface area (Å²) < 4.78 is 0. The van der Waals surface area contributed by atoms with Crippen LogP contribution in [0.1, 0.15) is 59.8 Å². The lowest BCUT2D eigenvalue weighted by molar-refractivity contribution is 0.177. The highest BCUT2D eigenvalue weighted by molar-refractivity contribution is 6.74. The molecule has 1 aromatic carbocycles. The highest BCUT2D eigenvalue weighted by Gasteiger charge is 2.48. The summed E-state index contributed by atoms with van der Waals surface area (Å²) in [4.78, 5) is 2.35. The van der Waals surface area contributed by atoms with Crippen LogP contribution in [0, 0.1) is 16.7 Å². The number of allylic oxidation sites excluding steroid dienone is 1. The number of nitrogens with zero attached hydrogens (tertiary/aromatic N) is 1. The third-order valence-corrected chi connectivity index (χ3v) is 7.58. The molecule has 2 fully saturated rings. The lowest BCUT2D eigenvalue weighted by Crippen LogP contribution is -2.30. The van der Waals surface area contributed by atoms with Crippen molar-refractivity contribution in [3.63, 3.8) is 0 Å². The zero-order valence-electron chi connectivity index (χ0n) is 17.1. The second-order valence-corrected chi connectivity index (χ2v) is 9.85. The van der Waals surface area contributed by atoms with Crippen LogP contribution >= 0.6 is 0 Å². The van der Waals surface area contributed by atoms with E-state index in [-0.39, 0.29) is 0 Å². The minimum Gasteiger partial charge on any atom is -0.349 e. The molecule has 1 aliphatic carbocycles. The second-order valence-electron chi connectivity index (χ2n) is 9.85. The van der Waals surface area contributed by atoms with E-state index in [0.717, 1.165) is 0 Å². The quantitative estimate of drug-likeness (QED) is 0.611. The van der Waals surface area contributed by atoms with Crippen molar-refractivity contribution in [2.75, 3.05) is 11.9 Å². The van der Waals surface area contributed by atoms with Crippen LogP contribution in [-0.2, 0) is 0 Å². The maximum absolute atomic E-state index is 4.45. The van der Waals surface area contributed by atoms with Gasteiger partial charge in [-0.25, -0.2) is 0 Å². The second kappa shape index (κ2) is 6.85. The van der Waals surface area contributed by atoms with Crippen LogP contribution in [0.5, 0.6) is 0 Å². The zero-order valence-corrected chi connectivity index (χ0v) is 17.1. The first-order valence-electron chi connectivity index (χ1n) is 10.2. The van der Waals surface area contributed by atoms with Gasteiger partial charge < -0.3 is 4.90 Å². The molecule has 0 unspecified atom stereocenters. The van der Waals surface area contributed by atoms with Crippen LogP contribution in [0.3, 0.4) is 0 Å². The van der Waals surface area contributed by atoms with Crippen LogP contribution < -0.4 is 10.4 Å². The Hall–Kier alpha value is -1.18. The summed E-state index contributed by atoms with van der Waals surface area (Å²) in [6.07, 6.45) is 9.33. The zero-order chi connectivity index (χ0) is 18.2. The minimum absolute atomic E-state index is 0.408. The van der Waals surface area contributed by atoms with Gasteiger partial charge in [0.15, 0.2) is 6.71 Å². The first kappa shape index (κ1) is 18.6. The molecule has 1 aliphatic heterocycles. The highest BCUT2D eigenvalue weighted by atomic mass is 15.1. The summed E-state index contributed by atoms with van der Waals surface area (Å²) in [6.45, 7) is 14.9. The summed E-state index contributed by atoms with van der Waals surface area (Å²) in [7, 11) is 2.21. The van der Waals surface area contributed by atoms with Crippen molar-refractivity contribution in [1.29, 1.82) is 0 Å². The normalized spacial score (nSPS) is 22.8. The van der Waals surface area contributed by atoms with Gasteiger partial charge in [0.25, 0.3) is 0 Å². The first-order chi connectivity index (χ1) is 11.7. The van der Waals surface area contributed by atoms with E-state index in [1.54, 1.807) is 0 Å². The fourth-order valence-electron chi connectivity index (χ4n) is 4.96. The molecular formula is C23H36BN. The monoisotopic (exact) mass is 337 g/mol. The molecule has 0 N–H and O–H groups in total. The number of anilines is 1. The van der Waals surface area contributed by atoms with Gasteiger partial charge in [0.05, 0.1) is 0 Å². The largest absolute Gasteiger partial charge is 0.349 e. The standard InChI is InChI=1S/C23H36BN/c1-18(19-11-8-7-9-12-19)25(6)21-14-10-13-20(15-21)24-16-22(2,3)23(4,5)17-24/h10,13-15,19H,1,7-9,11-12,16-17H2,2-6H3. The van der Waals surface area contributed by atoms with E-state index >= 15 is 0 Å². The number of rotatable bonds is 4. The van der Waals surface area contributed by atoms with E-state index in [1.165, 1.54) is 61.6 Å². The Kier molecular flexibility index (Phi) is 5.10. The van der Waals surface area contributed by atoms with Gasteiger partial charge in [0.2, 0.25) is 0 Å². The molecule has 1 saturated heterocycles. The Morgan fingerprint density at radius 2 is 1.64 bits per heavy atom. The maximum Gasteiger partial charge on any atom is 0.177 e. The lowest BCUT2D eigenvalue weighted by Gasteiger charge is -2.35. The maximum atomic E-state index is 4.45. The molecule has 1 saturated carbocycles. The molecule has 1 aromatic rings. The summed E-state index contributed by atoms with van der Waals surface area (Å²) in [6, 6.07) is 9.26. The molecule has 0 atom stereocenters. The predicted octanol–water partition coefficient (Wildman–Crippen LogP) is 5.98. The van der Waals surface area contributed by atoms with E-state index < -0.39 is 0 Å². The van der Waals surface area contributed by atoms with Crippen molar-refractivity contribution in [2.45, 2.75) is 72.4 Å². The Labute approximate surface area is 156 Å². The molecule has 0 radical (unpaired) electrons. The fourth-order valence-corrected chi connectivity index (χ4v) is 4.96. The van der Waals surface area contributed by atoms with Gasteiger partial charge in [-0.15, -0.1) is 0 Å². The van der Waals surface area contributed by atoms with Crippen molar-refractivity contribution in [1.82, 2.24) is 0 Å². The molecular weight excluding hydrogens is 301 g/mol. The molecule has 1 heterocycles. The molecule has 0 bridgehead atoms. The summed E-state index contributed by atoms with van der Waals surface area (Å²) in [5.41, 5.74) is 4.95. The highest BCUT2D eigenvalue weighted by Crippen LogP contribution is 2.52. The molecule has 136 valence electrons. The third-order valence-electron chi connectivity index (χ3n) is 7.58. The molecule has 1 nitrogen and oxygen atoms in total. The Morgan fingerprint density at radius 1 is 1.04 bits per heavy atom. The van der Waals surface area contributed by atoms with Gasteiger partial charge in [0, 0.05) is 18.4 Å². The summed E-state index contributed by atoms with van der Waals surface area (Å²) in [5.74, 6) is 0.673. The van der Waals surface area contributed by atoms with E-state index in [2.05, 4.69) is 70.5 Å². The average Bonchev–Trinajstić information content (AvgIpc) is 2.82. The molecule has 0 aromatic heterocycles. The average molecular weight is 337 g/mol. The third kappa shape index (κ3) is 3.69. The van der Waals surface area contributed by atoms with Crippen LogP contribution in [0.25, 0.3) is 0 Å². The topological polar surface area (TPSA) is 3.24 Å². The summed E-state index contributed by atoms with van der Waals surface area (Å²) in [5, 5.41) is 0. The smallest absolute Gasteiger partial charge is 0.177 e. The van der Waals surface area contributed by atoms with Crippen molar-refractivity contribution in [3.05, 3.63) is 36.5 Å². The number of hydrogen-bond acceptors (Lipinski definition) is 1. The van der Waals surface area contributed by atoms with E-state index in [9.17, 15) is 0 Å². The van der Waals surface area contributed by atoms with Crippen molar-refractivity contribution in [2.24, 2.45) is 16.7 Å². The first-order valence-corrected chi connectivity index (χ1v) is 10.2. The van der Waals surface area contributed by atoms with Gasteiger partial charge in [0.1, 0.15) is 0 Å². The van der Waals surface area contributed by atoms with Crippen LogP contribution in [0.15, 0.2) is 36.5 Å². The van der Waals surface area contributed by atoms with Crippen LogP contribution in [-0.4, -0.2) is 13.8 Å². The van der Waals surface area contributed by atoms with Crippen molar-refractivity contribution in [3.8, 4) is 0 Å². The van der Waals surface area contributed by atoms with Crippen LogP contribution in [0.2, 0.25) is 12.6 Å². The summed E-state index contributed by atoms with van der Waals surface area (Å²) >= 11 is 0. The lowest BCUT2D eigenvalue weighted by atomic mass is 9.42. The molecule has 2 heteroatoms. The number of benzene rings is 1. The van der Waals surface area contributed by atoms with Gasteiger partial charge >= 0.3 is 0 Å². The van der Waals surface area contributed by atoms with E-state index in [1.807, 2.05) is 0 Å². The molecule has 25 heavy (non-hydrogen) atoms. The predicted molar refractivity (Wildman–Crippen MR) is 113 cm³/mol. The minimum atomic E-state index is 0.408. The van der Waals surface area contributed by atoms with Gasteiger partial charge in [-0.2, -0.15) is 0 Å². The molecule has 3 rings (SSSR count). The molecule has 0 spiro atoms.